The quantitative estimate of drug-likeness (QED) is 0.640. The lowest BCUT2D eigenvalue weighted by Gasteiger charge is -2.17. The fraction of sp³-hybridized carbons (Fsp3) is 0.364. The number of aryl methyl sites for hydroxylation is 1. The number of anilines is 2. The van der Waals surface area contributed by atoms with Crippen molar-refractivity contribution in [1.82, 2.24) is 9.88 Å². The molecule has 0 atom stereocenters. The van der Waals surface area contributed by atoms with Gasteiger partial charge in [-0.15, -0.1) is 0 Å². The fourth-order valence-electron chi connectivity index (χ4n) is 3.53. The van der Waals surface area contributed by atoms with Gasteiger partial charge in [-0.05, 0) is 44.6 Å². The number of aromatic amines is 1. The number of rotatable bonds is 7. The van der Waals surface area contributed by atoms with E-state index in [0.29, 0.717) is 12.0 Å². The van der Waals surface area contributed by atoms with E-state index in [9.17, 15) is 9.59 Å². The summed E-state index contributed by atoms with van der Waals surface area (Å²) in [4.78, 5) is 30.3. The Morgan fingerprint density at radius 1 is 1.18 bits per heavy atom. The van der Waals surface area contributed by atoms with Gasteiger partial charge < -0.3 is 20.5 Å². The van der Waals surface area contributed by atoms with E-state index < -0.39 is 0 Å². The molecule has 2 heterocycles. The molecule has 6 nitrogen and oxygen atoms in total. The average Bonchev–Trinajstić information content (AvgIpc) is 3.14. The van der Waals surface area contributed by atoms with E-state index in [2.05, 4.69) is 34.4 Å². The van der Waals surface area contributed by atoms with Crippen LogP contribution < -0.4 is 10.6 Å². The molecule has 1 aliphatic heterocycles. The Balaban J connectivity index is 1.79. The molecule has 1 aromatic carbocycles. The summed E-state index contributed by atoms with van der Waals surface area (Å²) in [5.41, 5.74) is 5.78. The van der Waals surface area contributed by atoms with Crippen LogP contribution in [0, 0.1) is 13.8 Å². The highest BCUT2D eigenvalue weighted by atomic mass is 16.2. The minimum absolute atomic E-state index is 0.000239. The average molecular weight is 380 g/mol. The number of aromatic nitrogens is 1. The molecule has 148 valence electrons. The minimum Gasteiger partial charge on any atom is -0.357 e. The monoisotopic (exact) mass is 380 g/mol. The Hall–Kier alpha value is -2.86. The summed E-state index contributed by atoms with van der Waals surface area (Å²) in [6, 6.07) is 7.64. The zero-order chi connectivity index (χ0) is 20.3. The van der Waals surface area contributed by atoms with Gasteiger partial charge in [0.15, 0.2) is 0 Å². The zero-order valence-electron chi connectivity index (χ0n) is 17.0. The molecule has 0 radical (unpaired) electrons. The van der Waals surface area contributed by atoms with Crippen LogP contribution in [0.2, 0.25) is 0 Å². The van der Waals surface area contributed by atoms with E-state index in [-0.39, 0.29) is 11.8 Å². The van der Waals surface area contributed by atoms with Crippen molar-refractivity contribution >= 4 is 34.8 Å². The highest BCUT2D eigenvalue weighted by molar-refractivity contribution is 6.34. The molecule has 0 bridgehead atoms. The number of hydrogen-bond donors (Lipinski definition) is 3. The number of amides is 2. The highest BCUT2D eigenvalue weighted by Crippen LogP contribution is 2.34. The second-order valence-corrected chi connectivity index (χ2v) is 7.05. The molecule has 0 unspecified atom stereocenters. The van der Waals surface area contributed by atoms with E-state index in [1.54, 1.807) is 0 Å². The van der Waals surface area contributed by atoms with Gasteiger partial charge in [-0.2, -0.15) is 0 Å². The van der Waals surface area contributed by atoms with Crippen LogP contribution >= 0.6 is 0 Å². The van der Waals surface area contributed by atoms with Crippen molar-refractivity contribution in [2.75, 3.05) is 30.3 Å². The van der Waals surface area contributed by atoms with Gasteiger partial charge in [0.1, 0.15) is 0 Å². The number of nitrogens with one attached hydrogen (secondary N) is 3. The Kier molecular flexibility index (Phi) is 5.99. The van der Waals surface area contributed by atoms with Crippen molar-refractivity contribution in [3.63, 3.8) is 0 Å². The lowest BCUT2D eigenvalue weighted by atomic mass is 10.1. The first-order chi connectivity index (χ1) is 13.4. The van der Waals surface area contributed by atoms with Crippen molar-refractivity contribution in [1.29, 1.82) is 0 Å². The Morgan fingerprint density at radius 2 is 1.89 bits per heavy atom. The lowest BCUT2D eigenvalue weighted by Crippen LogP contribution is -2.27. The van der Waals surface area contributed by atoms with Gasteiger partial charge >= 0.3 is 0 Å². The van der Waals surface area contributed by atoms with E-state index >= 15 is 0 Å². The molecule has 28 heavy (non-hydrogen) atoms. The molecule has 0 aliphatic carbocycles. The van der Waals surface area contributed by atoms with Gasteiger partial charge in [-0.1, -0.05) is 32.0 Å². The van der Waals surface area contributed by atoms with Crippen LogP contribution in [0.25, 0.3) is 11.6 Å². The fourth-order valence-corrected chi connectivity index (χ4v) is 3.53. The number of carbonyl (C=O) groups is 2. The molecule has 1 aliphatic rings. The molecule has 0 fully saturated rings. The second kappa shape index (κ2) is 8.44. The number of para-hydroxylation sites is 1. The van der Waals surface area contributed by atoms with E-state index in [0.717, 1.165) is 53.5 Å². The molecule has 0 saturated carbocycles. The summed E-state index contributed by atoms with van der Waals surface area (Å²) < 4.78 is 0. The van der Waals surface area contributed by atoms with E-state index in [4.69, 9.17) is 0 Å². The lowest BCUT2D eigenvalue weighted by molar-refractivity contribution is -0.116. The molecule has 0 spiro atoms. The molecule has 6 heteroatoms. The number of nitrogens with zero attached hydrogens (tertiary/aromatic N) is 1. The standard InChI is InChI=1S/C22H28N4O2/c1-5-26(6-2)12-11-20(27)25-21-14(3)19(23-15(21)4)13-17-16-9-7-8-10-18(16)24-22(17)28/h7-10,13,23H,5-6,11-12H2,1-4H3,(H,24,28)(H,25,27). The van der Waals surface area contributed by atoms with Gasteiger partial charge in [-0.3, -0.25) is 9.59 Å². The van der Waals surface area contributed by atoms with Gasteiger partial charge in [0.2, 0.25) is 5.91 Å². The SMILES string of the molecule is CCN(CC)CCC(=O)Nc1c(C)[nH]c(C=C2C(=O)Nc3ccccc32)c1C. The molecule has 3 rings (SSSR count). The summed E-state index contributed by atoms with van der Waals surface area (Å²) in [6.07, 6.45) is 2.31. The molecule has 2 amide bonds. The molecular weight excluding hydrogens is 352 g/mol. The van der Waals surface area contributed by atoms with Crippen molar-refractivity contribution < 1.29 is 9.59 Å². The molecular formula is C22H28N4O2. The van der Waals surface area contributed by atoms with Crippen LogP contribution in [0.5, 0.6) is 0 Å². The maximum Gasteiger partial charge on any atom is 0.256 e. The first kappa shape index (κ1) is 19.9. The van der Waals surface area contributed by atoms with Crippen LogP contribution in [0.3, 0.4) is 0 Å². The number of carbonyl (C=O) groups excluding carboxylic acids is 2. The Morgan fingerprint density at radius 3 is 2.61 bits per heavy atom. The van der Waals surface area contributed by atoms with Crippen LogP contribution in [0.1, 0.15) is 42.8 Å². The summed E-state index contributed by atoms with van der Waals surface area (Å²) in [7, 11) is 0. The second-order valence-electron chi connectivity index (χ2n) is 7.05. The first-order valence-corrected chi connectivity index (χ1v) is 9.78. The van der Waals surface area contributed by atoms with Crippen molar-refractivity contribution in [2.45, 2.75) is 34.1 Å². The Bertz CT molecular complexity index is 923. The Labute approximate surface area is 166 Å². The predicted octanol–water partition coefficient (Wildman–Crippen LogP) is 3.79. The summed E-state index contributed by atoms with van der Waals surface area (Å²) in [5, 5.41) is 5.91. The normalized spacial score (nSPS) is 14.5. The highest BCUT2D eigenvalue weighted by Gasteiger charge is 2.24. The zero-order valence-corrected chi connectivity index (χ0v) is 17.0. The number of hydrogen-bond acceptors (Lipinski definition) is 3. The van der Waals surface area contributed by atoms with Crippen LogP contribution in [-0.4, -0.2) is 41.3 Å². The first-order valence-electron chi connectivity index (χ1n) is 9.78. The summed E-state index contributed by atoms with van der Waals surface area (Å²) >= 11 is 0. The topological polar surface area (TPSA) is 77.2 Å². The molecule has 0 saturated heterocycles. The molecule has 1 aromatic heterocycles. The van der Waals surface area contributed by atoms with Gasteiger partial charge in [0.25, 0.3) is 5.91 Å². The van der Waals surface area contributed by atoms with Crippen LogP contribution in [-0.2, 0) is 9.59 Å². The van der Waals surface area contributed by atoms with E-state index in [1.165, 1.54) is 0 Å². The number of fused-ring (bicyclic) bond motifs is 1. The summed E-state index contributed by atoms with van der Waals surface area (Å²) in [6.45, 7) is 10.7. The van der Waals surface area contributed by atoms with Crippen molar-refractivity contribution in [2.24, 2.45) is 0 Å². The number of benzene rings is 1. The van der Waals surface area contributed by atoms with Crippen molar-refractivity contribution in [3.8, 4) is 0 Å². The smallest absolute Gasteiger partial charge is 0.256 e. The minimum atomic E-state index is -0.113. The van der Waals surface area contributed by atoms with Crippen LogP contribution in [0.4, 0.5) is 11.4 Å². The maximum atomic E-state index is 12.4. The van der Waals surface area contributed by atoms with E-state index in [1.807, 2.05) is 44.2 Å². The number of H-pyrrole nitrogens is 1. The molecule has 2 aromatic rings. The molecule has 3 N–H and O–H groups in total. The summed E-state index contributed by atoms with van der Waals surface area (Å²) in [5.74, 6) is -0.113. The maximum absolute atomic E-state index is 12.4. The third kappa shape index (κ3) is 4.02. The predicted molar refractivity (Wildman–Crippen MR) is 114 cm³/mol. The van der Waals surface area contributed by atoms with Gasteiger partial charge in [0.05, 0.1) is 11.3 Å². The largest absolute Gasteiger partial charge is 0.357 e. The van der Waals surface area contributed by atoms with Crippen molar-refractivity contribution in [3.05, 3.63) is 46.8 Å². The van der Waals surface area contributed by atoms with Gasteiger partial charge in [-0.25, -0.2) is 0 Å². The van der Waals surface area contributed by atoms with Gasteiger partial charge in [0, 0.05) is 35.6 Å². The third-order valence-electron chi connectivity index (χ3n) is 5.29. The third-order valence-corrected chi connectivity index (χ3v) is 5.29. The van der Waals surface area contributed by atoms with Crippen LogP contribution in [0.15, 0.2) is 24.3 Å².